The van der Waals surface area contributed by atoms with Gasteiger partial charge in [-0.15, -0.1) is 0 Å². The van der Waals surface area contributed by atoms with Crippen LogP contribution in [0, 0.1) is 5.41 Å². The molecule has 1 aliphatic carbocycles. The number of hydrogen-bond donors (Lipinski definition) is 2. The van der Waals surface area contributed by atoms with Gasteiger partial charge in [-0.3, -0.25) is 0 Å². The highest BCUT2D eigenvalue weighted by Crippen LogP contribution is 2.42. The molecule has 4 heteroatoms. The van der Waals surface area contributed by atoms with Crippen molar-refractivity contribution >= 4 is 12.4 Å². The van der Waals surface area contributed by atoms with Gasteiger partial charge < -0.3 is 15.2 Å². The second-order valence-electron chi connectivity index (χ2n) is 2.64. The largest absolute Gasteiger partial charge is 0.465 e. The lowest BCUT2D eigenvalue weighted by Crippen LogP contribution is -2.29. The van der Waals surface area contributed by atoms with Gasteiger partial charge in [-0.25, -0.2) is 4.79 Å². The van der Waals surface area contributed by atoms with E-state index in [-0.39, 0.29) is 12.0 Å². The lowest BCUT2D eigenvalue weighted by atomic mass is 10.1. The first-order chi connectivity index (χ1) is 4.68. The molecule has 1 rings (SSSR count). The van der Waals surface area contributed by atoms with Gasteiger partial charge >= 0.3 is 6.09 Å². The monoisotopic (exact) mass is 143 g/mol. The Labute approximate surface area is 58.2 Å². The zero-order valence-corrected chi connectivity index (χ0v) is 5.46. The van der Waals surface area contributed by atoms with E-state index in [0.29, 0.717) is 0 Å². The Morgan fingerprint density at radius 3 is 2.60 bits per heavy atom. The smallest absolute Gasteiger partial charge is 0.404 e. The molecule has 10 heavy (non-hydrogen) atoms. The maximum atomic E-state index is 10.3. The van der Waals surface area contributed by atoms with Crippen LogP contribution in [0.2, 0.25) is 0 Å². The Morgan fingerprint density at radius 1 is 1.70 bits per heavy atom. The summed E-state index contributed by atoms with van der Waals surface area (Å²) >= 11 is 0. The summed E-state index contributed by atoms with van der Waals surface area (Å²) in [5.41, 5.74) is -0.349. The van der Waals surface area contributed by atoms with Crippen LogP contribution in [0.3, 0.4) is 0 Å². The van der Waals surface area contributed by atoms with Crippen LogP contribution in [0.25, 0.3) is 0 Å². The van der Waals surface area contributed by atoms with Crippen molar-refractivity contribution in [2.24, 2.45) is 5.41 Å². The van der Waals surface area contributed by atoms with Gasteiger partial charge in [0.1, 0.15) is 6.29 Å². The third-order valence-electron chi connectivity index (χ3n) is 1.73. The van der Waals surface area contributed by atoms with Crippen LogP contribution in [0.1, 0.15) is 12.8 Å². The van der Waals surface area contributed by atoms with Crippen molar-refractivity contribution in [1.29, 1.82) is 0 Å². The van der Waals surface area contributed by atoms with E-state index < -0.39 is 6.09 Å². The molecular formula is C6H9NO3. The standard InChI is InChI=1S/C6H9NO3/c8-4-6(1-2-6)3-7-5(9)10/h4,7H,1-3H2,(H,9,10). The predicted molar refractivity (Wildman–Crippen MR) is 33.8 cm³/mol. The molecule has 0 heterocycles. The van der Waals surface area contributed by atoms with Gasteiger partial charge in [0.25, 0.3) is 0 Å². The van der Waals surface area contributed by atoms with Crippen LogP contribution in [-0.2, 0) is 4.79 Å². The molecule has 1 fully saturated rings. The molecule has 0 unspecified atom stereocenters. The van der Waals surface area contributed by atoms with Gasteiger partial charge in [-0.05, 0) is 12.8 Å². The van der Waals surface area contributed by atoms with E-state index in [9.17, 15) is 9.59 Å². The zero-order valence-electron chi connectivity index (χ0n) is 5.46. The number of carbonyl (C=O) groups excluding carboxylic acids is 1. The Bertz CT molecular complexity index is 162. The van der Waals surface area contributed by atoms with Crippen LogP contribution in [0.15, 0.2) is 0 Å². The van der Waals surface area contributed by atoms with Gasteiger partial charge in [-0.2, -0.15) is 0 Å². The summed E-state index contributed by atoms with van der Waals surface area (Å²) in [7, 11) is 0. The van der Waals surface area contributed by atoms with Crippen LogP contribution in [-0.4, -0.2) is 24.0 Å². The van der Waals surface area contributed by atoms with Gasteiger partial charge in [-0.1, -0.05) is 0 Å². The van der Waals surface area contributed by atoms with Gasteiger partial charge in [0.15, 0.2) is 0 Å². The van der Waals surface area contributed by atoms with Gasteiger partial charge in [0, 0.05) is 12.0 Å². The van der Waals surface area contributed by atoms with E-state index in [1.54, 1.807) is 0 Å². The average Bonchev–Trinajstić information content (AvgIpc) is 2.64. The van der Waals surface area contributed by atoms with E-state index in [0.717, 1.165) is 19.1 Å². The van der Waals surface area contributed by atoms with Crippen molar-refractivity contribution in [3.63, 3.8) is 0 Å². The topological polar surface area (TPSA) is 66.4 Å². The minimum Gasteiger partial charge on any atom is -0.465 e. The van der Waals surface area contributed by atoms with Crippen molar-refractivity contribution in [3.05, 3.63) is 0 Å². The van der Waals surface area contributed by atoms with Crippen molar-refractivity contribution in [2.45, 2.75) is 12.8 Å². The molecule has 4 nitrogen and oxygen atoms in total. The summed E-state index contributed by atoms with van der Waals surface area (Å²) in [4.78, 5) is 20.2. The van der Waals surface area contributed by atoms with Gasteiger partial charge in [0.05, 0.1) is 0 Å². The van der Waals surface area contributed by atoms with Crippen molar-refractivity contribution < 1.29 is 14.7 Å². The second kappa shape index (κ2) is 2.28. The molecule has 1 aliphatic rings. The van der Waals surface area contributed by atoms with Crippen LogP contribution >= 0.6 is 0 Å². The predicted octanol–water partition coefficient (Wildman–Crippen LogP) is 0.233. The third-order valence-corrected chi connectivity index (χ3v) is 1.73. The first kappa shape index (κ1) is 7.05. The summed E-state index contributed by atoms with van der Waals surface area (Å²) in [6.07, 6.45) is 1.41. The lowest BCUT2D eigenvalue weighted by Gasteiger charge is -2.04. The Morgan fingerprint density at radius 2 is 2.30 bits per heavy atom. The fraction of sp³-hybridized carbons (Fsp3) is 0.667. The molecule has 0 atom stereocenters. The first-order valence-electron chi connectivity index (χ1n) is 3.12. The van der Waals surface area contributed by atoms with Crippen molar-refractivity contribution in [1.82, 2.24) is 5.32 Å². The molecule has 0 saturated heterocycles. The second-order valence-corrected chi connectivity index (χ2v) is 2.64. The summed E-state index contributed by atoms with van der Waals surface area (Å²) in [6, 6.07) is 0. The molecule has 0 aromatic carbocycles. The molecule has 0 aromatic rings. The summed E-state index contributed by atoms with van der Waals surface area (Å²) in [6.45, 7) is 0.270. The van der Waals surface area contributed by atoms with Crippen LogP contribution < -0.4 is 5.32 Å². The molecule has 56 valence electrons. The number of carboxylic acid groups (broad SMARTS) is 1. The lowest BCUT2D eigenvalue weighted by molar-refractivity contribution is -0.112. The van der Waals surface area contributed by atoms with Crippen LogP contribution in [0.4, 0.5) is 4.79 Å². The highest BCUT2D eigenvalue weighted by atomic mass is 16.4. The number of hydrogen-bond acceptors (Lipinski definition) is 2. The minimum atomic E-state index is -1.06. The van der Waals surface area contributed by atoms with E-state index in [1.807, 2.05) is 0 Å². The number of amides is 1. The number of nitrogens with one attached hydrogen (secondary N) is 1. The molecule has 1 saturated carbocycles. The Kier molecular flexibility index (Phi) is 1.61. The zero-order chi connectivity index (χ0) is 7.61. The SMILES string of the molecule is O=CC1(CNC(=O)O)CC1. The molecule has 0 radical (unpaired) electrons. The maximum Gasteiger partial charge on any atom is 0.404 e. The minimum absolute atomic E-state index is 0.270. The summed E-state index contributed by atoms with van der Waals surface area (Å²) in [5.74, 6) is 0. The van der Waals surface area contributed by atoms with Gasteiger partial charge in [0.2, 0.25) is 0 Å². The molecule has 2 N–H and O–H groups in total. The number of rotatable bonds is 3. The van der Waals surface area contributed by atoms with E-state index in [1.165, 1.54) is 0 Å². The normalized spacial score (nSPS) is 19.6. The molecule has 1 amide bonds. The number of aldehydes is 1. The quantitative estimate of drug-likeness (QED) is 0.556. The van der Waals surface area contributed by atoms with E-state index >= 15 is 0 Å². The number of carbonyl (C=O) groups is 2. The Balaban J connectivity index is 2.25. The molecule has 0 bridgehead atoms. The fourth-order valence-electron chi connectivity index (χ4n) is 0.748. The van der Waals surface area contributed by atoms with Crippen molar-refractivity contribution in [3.8, 4) is 0 Å². The maximum absolute atomic E-state index is 10.3. The molecule has 0 spiro atoms. The molecular weight excluding hydrogens is 134 g/mol. The van der Waals surface area contributed by atoms with Crippen LogP contribution in [0.5, 0.6) is 0 Å². The van der Waals surface area contributed by atoms with E-state index in [4.69, 9.17) is 5.11 Å². The van der Waals surface area contributed by atoms with E-state index in [2.05, 4.69) is 5.32 Å². The van der Waals surface area contributed by atoms with Crippen molar-refractivity contribution in [2.75, 3.05) is 6.54 Å². The highest BCUT2D eigenvalue weighted by molar-refractivity contribution is 5.68. The average molecular weight is 143 g/mol. The fourth-order valence-corrected chi connectivity index (χ4v) is 0.748. The third kappa shape index (κ3) is 1.46. The molecule has 0 aliphatic heterocycles. The molecule has 0 aromatic heterocycles. The highest BCUT2D eigenvalue weighted by Gasteiger charge is 2.42. The summed E-state index contributed by atoms with van der Waals surface area (Å²) in [5, 5.41) is 10.4. The Hall–Kier alpha value is -1.06. The first-order valence-corrected chi connectivity index (χ1v) is 3.12. The summed E-state index contributed by atoms with van der Waals surface area (Å²) < 4.78 is 0.